The fourth-order valence-electron chi connectivity index (χ4n) is 1.99. The minimum Gasteiger partial charge on any atom is -0.478 e. The minimum atomic E-state index is -1.05. The first-order valence-corrected chi connectivity index (χ1v) is 5.74. The number of carboxylic acids is 1. The van der Waals surface area contributed by atoms with Crippen molar-refractivity contribution in [3.8, 4) is 0 Å². The largest absolute Gasteiger partial charge is 0.478 e. The van der Waals surface area contributed by atoms with Gasteiger partial charge in [-0.1, -0.05) is 0 Å². The van der Waals surface area contributed by atoms with Crippen molar-refractivity contribution in [2.45, 2.75) is 25.4 Å². The highest BCUT2D eigenvalue weighted by Crippen LogP contribution is 2.33. The first-order valence-electron chi connectivity index (χ1n) is 5.74. The molecule has 0 spiro atoms. The fourth-order valence-corrected chi connectivity index (χ4v) is 1.99. The van der Waals surface area contributed by atoms with E-state index in [-0.39, 0.29) is 23.6 Å². The molecule has 0 atom stereocenters. The Labute approximate surface area is 102 Å². The van der Waals surface area contributed by atoms with E-state index in [0.717, 1.165) is 12.8 Å². The van der Waals surface area contributed by atoms with Crippen molar-refractivity contribution < 1.29 is 14.3 Å². The van der Waals surface area contributed by atoms with E-state index in [9.17, 15) is 9.59 Å². The van der Waals surface area contributed by atoms with Crippen molar-refractivity contribution >= 4 is 5.97 Å². The average Bonchev–Trinajstić information content (AvgIpc) is 2.95. The van der Waals surface area contributed by atoms with E-state index in [4.69, 9.17) is 9.52 Å². The normalized spacial score (nSPS) is 14.9. The third-order valence-electron chi connectivity index (χ3n) is 3.10. The van der Waals surface area contributed by atoms with Gasteiger partial charge < -0.3 is 9.52 Å². The number of hydrogen-bond donors (Lipinski definition) is 1. The van der Waals surface area contributed by atoms with Gasteiger partial charge >= 0.3 is 11.7 Å². The van der Waals surface area contributed by atoms with E-state index >= 15 is 0 Å². The summed E-state index contributed by atoms with van der Waals surface area (Å²) < 4.78 is 8.27. The van der Waals surface area contributed by atoms with E-state index in [1.54, 1.807) is 17.0 Å². The van der Waals surface area contributed by atoms with Gasteiger partial charge in [0.15, 0.2) is 0 Å². The van der Waals surface area contributed by atoms with Crippen molar-refractivity contribution in [2.75, 3.05) is 0 Å². The van der Waals surface area contributed by atoms with E-state index in [1.807, 2.05) is 0 Å². The molecule has 6 heteroatoms. The topological polar surface area (TPSA) is 77.4 Å². The van der Waals surface area contributed by atoms with Gasteiger partial charge in [-0.25, -0.2) is 9.59 Å². The summed E-state index contributed by atoms with van der Waals surface area (Å²) in [6.45, 7) is 0.146. The molecule has 94 valence electrons. The Morgan fingerprint density at radius 3 is 2.89 bits per heavy atom. The number of aromatic nitrogens is 2. The van der Waals surface area contributed by atoms with Gasteiger partial charge in [0.05, 0.1) is 12.8 Å². The van der Waals surface area contributed by atoms with Crippen LogP contribution in [0.15, 0.2) is 33.9 Å². The van der Waals surface area contributed by atoms with Crippen LogP contribution in [0.4, 0.5) is 0 Å². The smallest absolute Gasteiger partial charge is 0.339 e. The van der Waals surface area contributed by atoms with Crippen LogP contribution in [0, 0.1) is 0 Å². The summed E-state index contributed by atoms with van der Waals surface area (Å²) in [5, 5.41) is 8.95. The van der Waals surface area contributed by atoms with E-state index in [2.05, 4.69) is 0 Å². The number of aromatic carboxylic acids is 1. The summed E-state index contributed by atoms with van der Waals surface area (Å²) in [5.41, 5.74) is -0.0219. The lowest BCUT2D eigenvalue weighted by molar-refractivity contribution is 0.0694. The number of carboxylic acid groups (broad SMARTS) is 1. The molecule has 0 bridgehead atoms. The van der Waals surface area contributed by atoms with Crippen molar-refractivity contribution in [2.24, 2.45) is 0 Å². The zero-order chi connectivity index (χ0) is 12.7. The number of imidazole rings is 1. The number of hydrogen-bond acceptors (Lipinski definition) is 3. The van der Waals surface area contributed by atoms with Gasteiger partial charge in [0.1, 0.15) is 11.3 Å². The lowest BCUT2D eigenvalue weighted by Gasteiger charge is -2.00. The van der Waals surface area contributed by atoms with Crippen LogP contribution in [0.1, 0.15) is 35.0 Å². The lowest BCUT2D eigenvalue weighted by atomic mass is 10.2. The third kappa shape index (κ3) is 1.75. The molecule has 1 N–H and O–H groups in total. The van der Waals surface area contributed by atoms with Crippen LogP contribution in [0.25, 0.3) is 0 Å². The molecule has 0 radical (unpaired) electrons. The SMILES string of the molecule is O=C(O)c1ccoc1Cn1ccn(C2CC2)c1=O. The monoisotopic (exact) mass is 248 g/mol. The summed E-state index contributed by atoms with van der Waals surface area (Å²) in [7, 11) is 0. The molecule has 0 amide bonds. The van der Waals surface area contributed by atoms with Crippen LogP contribution < -0.4 is 5.69 Å². The van der Waals surface area contributed by atoms with Crippen LogP contribution in [0.3, 0.4) is 0 Å². The van der Waals surface area contributed by atoms with Gasteiger partial charge in [-0.05, 0) is 18.9 Å². The second-order valence-corrected chi connectivity index (χ2v) is 4.41. The molecule has 18 heavy (non-hydrogen) atoms. The van der Waals surface area contributed by atoms with Gasteiger partial charge in [0.25, 0.3) is 0 Å². The maximum absolute atomic E-state index is 12.0. The first-order chi connectivity index (χ1) is 8.66. The summed E-state index contributed by atoms with van der Waals surface area (Å²) in [4.78, 5) is 22.9. The third-order valence-corrected chi connectivity index (χ3v) is 3.10. The first kappa shape index (κ1) is 10.9. The predicted molar refractivity (Wildman–Crippen MR) is 61.7 cm³/mol. The molecule has 1 aliphatic rings. The zero-order valence-corrected chi connectivity index (χ0v) is 9.57. The van der Waals surface area contributed by atoms with Gasteiger partial charge in [0.2, 0.25) is 0 Å². The Kier molecular flexibility index (Phi) is 2.36. The standard InChI is InChI=1S/C12H12N2O4/c15-11(16)9-3-6-18-10(9)7-13-4-5-14(12(13)17)8-1-2-8/h3-6,8H,1-2,7H2,(H,15,16). The Bertz CT molecular complexity index is 645. The van der Waals surface area contributed by atoms with Crippen LogP contribution in [0.2, 0.25) is 0 Å². The summed E-state index contributed by atoms with van der Waals surface area (Å²) in [6, 6.07) is 1.70. The van der Waals surface area contributed by atoms with Gasteiger partial charge in [-0.2, -0.15) is 0 Å². The highest BCUT2D eigenvalue weighted by atomic mass is 16.4. The minimum absolute atomic E-state index is 0.0982. The van der Waals surface area contributed by atoms with E-state index in [0.29, 0.717) is 6.04 Å². The van der Waals surface area contributed by atoms with Crippen molar-refractivity contribution in [3.05, 3.63) is 46.5 Å². The van der Waals surface area contributed by atoms with Crippen molar-refractivity contribution in [1.29, 1.82) is 0 Å². The molecular formula is C12H12N2O4. The highest BCUT2D eigenvalue weighted by molar-refractivity contribution is 5.88. The van der Waals surface area contributed by atoms with E-state index in [1.165, 1.54) is 16.9 Å². The maximum atomic E-state index is 12.0. The van der Waals surface area contributed by atoms with Crippen LogP contribution in [-0.2, 0) is 6.54 Å². The summed E-state index contributed by atoms with van der Waals surface area (Å²) in [6.07, 6.45) is 6.79. The second kappa shape index (κ2) is 3.90. The molecule has 2 aromatic rings. The molecule has 0 aliphatic heterocycles. The van der Waals surface area contributed by atoms with Crippen molar-refractivity contribution in [1.82, 2.24) is 9.13 Å². The summed E-state index contributed by atoms with van der Waals surface area (Å²) >= 11 is 0. The zero-order valence-electron chi connectivity index (χ0n) is 9.57. The highest BCUT2D eigenvalue weighted by Gasteiger charge is 2.26. The molecule has 1 saturated carbocycles. The second-order valence-electron chi connectivity index (χ2n) is 4.41. The fraction of sp³-hybridized carbons (Fsp3) is 0.333. The van der Waals surface area contributed by atoms with Gasteiger partial charge in [-0.3, -0.25) is 9.13 Å². The molecule has 3 rings (SSSR count). The lowest BCUT2D eigenvalue weighted by Crippen LogP contribution is -2.24. The quantitative estimate of drug-likeness (QED) is 0.885. The Morgan fingerprint density at radius 2 is 2.22 bits per heavy atom. The molecule has 1 fully saturated rings. The number of nitrogens with zero attached hydrogens (tertiary/aromatic N) is 2. The molecule has 0 saturated heterocycles. The molecular weight excluding hydrogens is 236 g/mol. The Hall–Kier alpha value is -2.24. The average molecular weight is 248 g/mol. The van der Waals surface area contributed by atoms with Crippen molar-refractivity contribution in [3.63, 3.8) is 0 Å². The molecule has 0 aromatic carbocycles. The number of furan rings is 1. The molecule has 2 heterocycles. The Balaban J connectivity index is 1.90. The van der Waals surface area contributed by atoms with E-state index < -0.39 is 5.97 Å². The summed E-state index contributed by atoms with van der Waals surface area (Å²) in [5.74, 6) is -0.758. The molecule has 0 unspecified atom stereocenters. The van der Waals surface area contributed by atoms with Crippen LogP contribution in [-0.4, -0.2) is 20.2 Å². The van der Waals surface area contributed by atoms with Crippen LogP contribution in [0.5, 0.6) is 0 Å². The molecule has 6 nitrogen and oxygen atoms in total. The van der Waals surface area contributed by atoms with Crippen LogP contribution >= 0.6 is 0 Å². The van der Waals surface area contributed by atoms with Gasteiger partial charge in [0, 0.05) is 18.4 Å². The van der Waals surface area contributed by atoms with Gasteiger partial charge in [-0.15, -0.1) is 0 Å². The molecule has 1 aliphatic carbocycles. The predicted octanol–water partition coefficient (Wildman–Crippen LogP) is 1.32. The molecule has 2 aromatic heterocycles. The maximum Gasteiger partial charge on any atom is 0.339 e. The number of carbonyl (C=O) groups is 1. The number of rotatable bonds is 4. The Morgan fingerprint density at radius 1 is 1.44 bits per heavy atom.